The van der Waals surface area contributed by atoms with Gasteiger partial charge in [0.15, 0.2) is 5.82 Å². The van der Waals surface area contributed by atoms with Crippen molar-refractivity contribution in [2.45, 2.75) is 38.8 Å². The SMILES string of the molecule is CCn1ncnc1C1(O)C=CC(C)CC1. The Morgan fingerprint density at radius 1 is 1.67 bits per heavy atom. The van der Waals surface area contributed by atoms with E-state index in [1.807, 2.05) is 13.0 Å². The largest absolute Gasteiger partial charge is 0.378 e. The molecule has 0 saturated heterocycles. The third-order valence-corrected chi connectivity index (χ3v) is 2.98. The van der Waals surface area contributed by atoms with Crippen LogP contribution >= 0.6 is 0 Å². The minimum atomic E-state index is -0.918. The predicted octanol–water partition coefficient (Wildman–Crippen LogP) is 1.47. The fourth-order valence-electron chi connectivity index (χ4n) is 1.97. The normalized spacial score (nSPS) is 30.7. The van der Waals surface area contributed by atoms with Crippen LogP contribution in [0.2, 0.25) is 0 Å². The summed E-state index contributed by atoms with van der Waals surface area (Å²) in [5, 5.41) is 14.5. The first-order valence-electron chi connectivity index (χ1n) is 5.46. The molecule has 82 valence electrons. The highest BCUT2D eigenvalue weighted by Gasteiger charge is 2.33. The van der Waals surface area contributed by atoms with Crippen LogP contribution in [0, 0.1) is 5.92 Å². The van der Waals surface area contributed by atoms with Crippen LogP contribution in [0.25, 0.3) is 0 Å². The summed E-state index contributed by atoms with van der Waals surface area (Å²) in [5.41, 5.74) is -0.918. The molecule has 0 saturated carbocycles. The highest BCUT2D eigenvalue weighted by Crippen LogP contribution is 2.32. The Bertz CT molecular complexity index is 372. The second-order valence-corrected chi connectivity index (χ2v) is 4.20. The van der Waals surface area contributed by atoms with E-state index in [0.717, 1.165) is 19.4 Å². The zero-order valence-electron chi connectivity index (χ0n) is 9.22. The van der Waals surface area contributed by atoms with Gasteiger partial charge in [0.05, 0.1) is 0 Å². The average Bonchev–Trinajstić information content (AvgIpc) is 2.71. The molecule has 1 aliphatic rings. The van der Waals surface area contributed by atoms with Crippen molar-refractivity contribution in [3.8, 4) is 0 Å². The molecular formula is C11H17N3O. The van der Waals surface area contributed by atoms with Gasteiger partial charge >= 0.3 is 0 Å². The lowest BCUT2D eigenvalue weighted by atomic mass is 9.85. The van der Waals surface area contributed by atoms with Crippen LogP contribution in [-0.2, 0) is 12.1 Å². The smallest absolute Gasteiger partial charge is 0.162 e. The van der Waals surface area contributed by atoms with Crippen molar-refractivity contribution in [3.05, 3.63) is 24.3 Å². The van der Waals surface area contributed by atoms with Gasteiger partial charge in [0.1, 0.15) is 11.9 Å². The van der Waals surface area contributed by atoms with Gasteiger partial charge < -0.3 is 5.11 Å². The molecule has 0 spiro atoms. The number of hydrogen-bond acceptors (Lipinski definition) is 3. The number of hydrogen-bond donors (Lipinski definition) is 1. The van der Waals surface area contributed by atoms with E-state index < -0.39 is 5.60 Å². The first-order chi connectivity index (χ1) is 7.15. The number of aromatic nitrogens is 3. The van der Waals surface area contributed by atoms with Crippen LogP contribution in [-0.4, -0.2) is 19.9 Å². The first-order valence-corrected chi connectivity index (χ1v) is 5.46. The number of nitrogens with zero attached hydrogens (tertiary/aromatic N) is 3. The van der Waals surface area contributed by atoms with Crippen LogP contribution in [0.15, 0.2) is 18.5 Å². The molecule has 0 radical (unpaired) electrons. The Labute approximate surface area is 89.6 Å². The lowest BCUT2D eigenvalue weighted by Gasteiger charge is -2.28. The van der Waals surface area contributed by atoms with Gasteiger partial charge in [-0.25, -0.2) is 9.67 Å². The van der Waals surface area contributed by atoms with Crippen molar-refractivity contribution >= 4 is 0 Å². The van der Waals surface area contributed by atoms with E-state index in [4.69, 9.17) is 0 Å². The Kier molecular flexibility index (Phi) is 2.61. The standard InChI is InChI=1S/C11H17N3O/c1-3-14-10(12-8-13-14)11(15)6-4-9(2)5-7-11/h4,6,8-9,15H,3,5,7H2,1-2H3. The molecule has 0 aliphatic heterocycles. The summed E-state index contributed by atoms with van der Waals surface area (Å²) < 4.78 is 1.75. The molecular weight excluding hydrogens is 190 g/mol. The van der Waals surface area contributed by atoms with Crippen molar-refractivity contribution in [3.63, 3.8) is 0 Å². The van der Waals surface area contributed by atoms with Crippen LogP contribution in [0.1, 0.15) is 32.5 Å². The van der Waals surface area contributed by atoms with Crippen LogP contribution in [0.3, 0.4) is 0 Å². The van der Waals surface area contributed by atoms with E-state index in [1.165, 1.54) is 6.33 Å². The fourth-order valence-corrected chi connectivity index (χ4v) is 1.97. The van der Waals surface area contributed by atoms with Gasteiger partial charge in [-0.2, -0.15) is 5.10 Å². The molecule has 1 heterocycles. The van der Waals surface area contributed by atoms with Gasteiger partial charge in [-0.05, 0) is 31.8 Å². The monoisotopic (exact) mass is 207 g/mol. The Morgan fingerprint density at radius 2 is 2.47 bits per heavy atom. The zero-order chi connectivity index (χ0) is 10.9. The van der Waals surface area contributed by atoms with Crippen molar-refractivity contribution in [1.29, 1.82) is 0 Å². The van der Waals surface area contributed by atoms with Crippen LogP contribution in [0.5, 0.6) is 0 Å². The Morgan fingerprint density at radius 3 is 3.07 bits per heavy atom. The summed E-state index contributed by atoms with van der Waals surface area (Å²) in [7, 11) is 0. The minimum Gasteiger partial charge on any atom is -0.378 e. The highest BCUT2D eigenvalue weighted by molar-refractivity contribution is 5.16. The zero-order valence-corrected chi connectivity index (χ0v) is 9.22. The lowest BCUT2D eigenvalue weighted by molar-refractivity contribution is 0.0535. The van der Waals surface area contributed by atoms with E-state index >= 15 is 0 Å². The van der Waals surface area contributed by atoms with Crippen molar-refractivity contribution in [2.75, 3.05) is 0 Å². The molecule has 1 aromatic rings. The maximum atomic E-state index is 10.5. The highest BCUT2D eigenvalue weighted by atomic mass is 16.3. The molecule has 2 unspecified atom stereocenters. The summed E-state index contributed by atoms with van der Waals surface area (Å²) in [6.45, 7) is 4.89. The molecule has 0 bridgehead atoms. The summed E-state index contributed by atoms with van der Waals surface area (Å²) in [6, 6.07) is 0. The molecule has 15 heavy (non-hydrogen) atoms. The molecule has 0 fully saturated rings. The fraction of sp³-hybridized carbons (Fsp3) is 0.636. The molecule has 2 atom stereocenters. The summed E-state index contributed by atoms with van der Waals surface area (Å²) in [6.07, 6.45) is 7.13. The van der Waals surface area contributed by atoms with Gasteiger partial charge in [0.2, 0.25) is 0 Å². The maximum Gasteiger partial charge on any atom is 0.162 e. The summed E-state index contributed by atoms with van der Waals surface area (Å²) in [5.74, 6) is 1.21. The Balaban J connectivity index is 2.33. The topological polar surface area (TPSA) is 50.9 Å². The summed E-state index contributed by atoms with van der Waals surface area (Å²) in [4.78, 5) is 4.16. The first kappa shape index (κ1) is 10.4. The molecule has 1 aliphatic carbocycles. The van der Waals surface area contributed by atoms with Crippen molar-refractivity contribution in [2.24, 2.45) is 5.92 Å². The van der Waals surface area contributed by atoms with Gasteiger partial charge in [-0.1, -0.05) is 13.0 Å². The van der Waals surface area contributed by atoms with Gasteiger partial charge in [-0.3, -0.25) is 0 Å². The number of aryl methyl sites for hydroxylation is 1. The number of aliphatic hydroxyl groups is 1. The van der Waals surface area contributed by atoms with E-state index in [1.54, 1.807) is 4.68 Å². The average molecular weight is 207 g/mol. The summed E-state index contributed by atoms with van der Waals surface area (Å²) >= 11 is 0. The molecule has 0 amide bonds. The number of rotatable bonds is 2. The number of allylic oxidation sites excluding steroid dienone is 1. The van der Waals surface area contributed by atoms with Gasteiger partial charge in [0.25, 0.3) is 0 Å². The third-order valence-electron chi connectivity index (χ3n) is 2.98. The second-order valence-electron chi connectivity index (χ2n) is 4.20. The predicted molar refractivity (Wildman–Crippen MR) is 57.1 cm³/mol. The molecule has 0 aromatic carbocycles. The van der Waals surface area contributed by atoms with Crippen LogP contribution < -0.4 is 0 Å². The molecule has 1 aromatic heterocycles. The molecule has 4 nitrogen and oxygen atoms in total. The minimum absolute atomic E-state index is 0.545. The van der Waals surface area contributed by atoms with E-state index in [9.17, 15) is 5.11 Å². The van der Waals surface area contributed by atoms with Crippen molar-refractivity contribution in [1.82, 2.24) is 14.8 Å². The third kappa shape index (κ3) is 1.81. The molecule has 4 heteroatoms. The van der Waals surface area contributed by atoms with E-state index in [-0.39, 0.29) is 0 Å². The maximum absolute atomic E-state index is 10.5. The molecule has 1 N–H and O–H groups in total. The quantitative estimate of drug-likeness (QED) is 0.747. The van der Waals surface area contributed by atoms with E-state index in [2.05, 4.69) is 23.1 Å². The van der Waals surface area contributed by atoms with Gasteiger partial charge in [0, 0.05) is 6.54 Å². The van der Waals surface area contributed by atoms with E-state index in [0.29, 0.717) is 11.7 Å². The van der Waals surface area contributed by atoms with Gasteiger partial charge in [-0.15, -0.1) is 0 Å². The Hall–Kier alpha value is -1.16. The lowest BCUT2D eigenvalue weighted by Crippen LogP contribution is -2.30. The second kappa shape index (κ2) is 3.77. The molecule has 2 rings (SSSR count). The van der Waals surface area contributed by atoms with Crippen LogP contribution in [0.4, 0.5) is 0 Å². The van der Waals surface area contributed by atoms with Crippen molar-refractivity contribution < 1.29 is 5.11 Å².